The summed E-state index contributed by atoms with van der Waals surface area (Å²) in [5.41, 5.74) is 0.671. The maximum absolute atomic E-state index is 13.8. The van der Waals surface area contributed by atoms with Gasteiger partial charge in [-0.1, -0.05) is 12.5 Å². The van der Waals surface area contributed by atoms with Crippen molar-refractivity contribution in [2.24, 2.45) is 11.8 Å². The summed E-state index contributed by atoms with van der Waals surface area (Å²) in [7, 11) is 1.44. The highest BCUT2D eigenvalue weighted by atomic mass is 35.5. The number of fused-ring (bicyclic) bond motifs is 4. The summed E-state index contributed by atoms with van der Waals surface area (Å²) in [6.45, 7) is 4.03. The van der Waals surface area contributed by atoms with Crippen molar-refractivity contribution >= 4 is 30.7 Å². The molecular formula is C21H32Cl2FN3O2. The normalized spacial score (nSPS) is 28.3. The highest BCUT2D eigenvalue weighted by Gasteiger charge is 2.45. The number of methoxy groups -OCH3 is 1. The molecule has 3 saturated heterocycles. The van der Waals surface area contributed by atoms with Crippen LogP contribution in [0.25, 0.3) is 0 Å². The van der Waals surface area contributed by atoms with Crippen LogP contribution in [-0.4, -0.2) is 56.2 Å². The standard InChI is InChI=1S/C21H30FN3O2.2ClH/c1-27-20-6-5-14(8-17(20)22)9-21(26)24-13-19-16-10-15(11-23-12-16)18-4-2-3-7-25(18)19;;/h5-6,8,15-16,18-19,23H,2-4,7,9-13H2,1H3,(H,24,26);2*1H/t15-,16+,18+,19+;;/m1../s1. The maximum Gasteiger partial charge on any atom is 0.224 e. The van der Waals surface area contributed by atoms with E-state index in [9.17, 15) is 9.18 Å². The van der Waals surface area contributed by atoms with Gasteiger partial charge in [-0.05, 0) is 68.4 Å². The molecule has 29 heavy (non-hydrogen) atoms. The minimum absolute atomic E-state index is 0. The Kier molecular flexibility index (Phi) is 9.01. The fraction of sp³-hybridized carbons (Fsp3) is 0.667. The monoisotopic (exact) mass is 447 g/mol. The van der Waals surface area contributed by atoms with Crippen LogP contribution in [0.2, 0.25) is 0 Å². The molecule has 3 aliphatic rings. The number of nitrogens with zero attached hydrogens (tertiary/aromatic N) is 1. The van der Waals surface area contributed by atoms with Gasteiger partial charge in [0.1, 0.15) is 0 Å². The van der Waals surface area contributed by atoms with Gasteiger partial charge < -0.3 is 15.4 Å². The van der Waals surface area contributed by atoms with Crippen LogP contribution < -0.4 is 15.4 Å². The van der Waals surface area contributed by atoms with E-state index in [1.54, 1.807) is 12.1 Å². The zero-order valence-electron chi connectivity index (χ0n) is 16.9. The maximum atomic E-state index is 13.8. The van der Waals surface area contributed by atoms with Crippen molar-refractivity contribution in [1.82, 2.24) is 15.5 Å². The first-order valence-electron chi connectivity index (χ1n) is 10.2. The number of amides is 1. The lowest BCUT2D eigenvalue weighted by Crippen LogP contribution is -2.65. The van der Waals surface area contributed by atoms with E-state index in [1.807, 2.05) is 0 Å². The van der Waals surface area contributed by atoms with E-state index in [0.29, 0.717) is 30.1 Å². The molecule has 8 heteroatoms. The minimum atomic E-state index is -0.425. The second-order valence-corrected chi connectivity index (χ2v) is 8.23. The molecule has 1 amide bonds. The minimum Gasteiger partial charge on any atom is -0.494 e. The molecule has 0 spiro atoms. The fourth-order valence-corrected chi connectivity index (χ4v) is 5.33. The average molecular weight is 448 g/mol. The molecule has 5 nitrogen and oxygen atoms in total. The number of rotatable bonds is 5. The van der Waals surface area contributed by atoms with Gasteiger partial charge >= 0.3 is 0 Å². The average Bonchev–Trinajstić information content (AvgIpc) is 2.68. The van der Waals surface area contributed by atoms with Crippen LogP contribution >= 0.6 is 24.8 Å². The quantitative estimate of drug-likeness (QED) is 0.728. The fourth-order valence-electron chi connectivity index (χ4n) is 5.33. The zero-order valence-corrected chi connectivity index (χ0v) is 18.5. The summed E-state index contributed by atoms with van der Waals surface area (Å²) in [5.74, 6) is 1.11. The number of carbonyl (C=O) groups is 1. The Morgan fingerprint density at radius 1 is 1.28 bits per heavy atom. The highest BCUT2D eigenvalue weighted by Crippen LogP contribution is 2.38. The summed E-state index contributed by atoms with van der Waals surface area (Å²) in [6.07, 6.45) is 5.35. The molecule has 0 saturated carbocycles. The van der Waals surface area contributed by atoms with E-state index in [1.165, 1.54) is 38.9 Å². The van der Waals surface area contributed by atoms with Crippen LogP contribution in [0, 0.1) is 17.7 Å². The molecule has 3 aliphatic heterocycles. The van der Waals surface area contributed by atoms with Crippen molar-refractivity contribution in [3.05, 3.63) is 29.6 Å². The Hall–Kier alpha value is -1.08. The molecular weight excluding hydrogens is 416 g/mol. The van der Waals surface area contributed by atoms with Crippen LogP contribution in [0.15, 0.2) is 18.2 Å². The highest BCUT2D eigenvalue weighted by molar-refractivity contribution is 5.85. The number of hydrogen-bond acceptors (Lipinski definition) is 4. The largest absolute Gasteiger partial charge is 0.494 e. The molecule has 2 bridgehead atoms. The molecule has 1 aromatic rings. The van der Waals surface area contributed by atoms with E-state index < -0.39 is 5.82 Å². The van der Waals surface area contributed by atoms with Gasteiger partial charge in [0, 0.05) is 18.6 Å². The van der Waals surface area contributed by atoms with E-state index in [2.05, 4.69) is 15.5 Å². The van der Waals surface area contributed by atoms with Gasteiger partial charge in [0.05, 0.1) is 13.5 Å². The lowest BCUT2D eigenvalue weighted by atomic mass is 9.73. The molecule has 0 unspecified atom stereocenters. The third kappa shape index (κ3) is 5.35. The second-order valence-electron chi connectivity index (χ2n) is 8.23. The molecule has 0 radical (unpaired) electrons. The number of nitrogens with one attached hydrogen (secondary N) is 2. The lowest BCUT2D eigenvalue weighted by molar-refractivity contribution is -0.121. The van der Waals surface area contributed by atoms with E-state index in [4.69, 9.17) is 4.74 Å². The van der Waals surface area contributed by atoms with Crippen molar-refractivity contribution in [3.63, 3.8) is 0 Å². The number of hydrogen-bond donors (Lipinski definition) is 2. The van der Waals surface area contributed by atoms with Crippen LogP contribution in [0.1, 0.15) is 31.2 Å². The van der Waals surface area contributed by atoms with Crippen LogP contribution in [0.4, 0.5) is 4.39 Å². The van der Waals surface area contributed by atoms with Gasteiger partial charge in [-0.25, -0.2) is 4.39 Å². The van der Waals surface area contributed by atoms with Gasteiger partial charge in [-0.3, -0.25) is 9.69 Å². The smallest absolute Gasteiger partial charge is 0.224 e. The third-order valence-corrected chi connectivity index (χ3v) is 6.61. The molecule has 0 aromatic heterocycles. The van der Waals surface area contributed by atoms with Crippen molar-refractivity contribution in [1.29, 1.82) is 0 Å². The predicted octanol–water partition coefficient (Wildman–Crippen LogP) is 2.80. The second kappa shape index (κ2) is 10.8. The number of halogens is 3. The molecule has 3 fully saturated rings. The Balaban J connectivity index is 0.00000150. The van der Waals surface area contributed by atoms with Crippen LogP contribution in [0.5, 0.6) is 5.75 Å². The van der Waals surface area contributed by atoms with Gasteiger partial charge in [0.15, 0.2) is 11.6 Å². The van der Waals surface area contributed by atoms with E-state index in [0.717, 1.165) is 25.6 Å². The molecule has 3 heterocycles. The summed E-state index contributed by atoms with van der Waals surface area (Å²) in [4.78, 5) is 15.1. The third-order valence-electron chi connectivity index (χ3n) is 6.61. The summed E-state index contributed by atoms with van der Waals surface area (Å²) in [6, 6.07) is 5.79. The molecule has 4 atom stereocenters. The van der Waals surface area contributed by atoms with E-state index >= 15 is 0 Å². The Labute approximate surface area is 184 Å². The molecule has 0 aliphatic carbocycles. The summed E-state index contributed by atoms with van der Waals surface area (Å²) in [5, 5.41) is 6.72. The first-order valence-corrected chi connectivity index (χ1v) is 10.2. The van der Waals surface area contributed by atoms with Crippen molar-refractivity contribution in [2.45, 2.75) is 44.2 Å². The Bertz CT molecular complexity index is 694. The van der Waals surface area contributed by atoms with Gasteiger partial charge in [0.25, 0.3) is 0 Å². The molecule has 4 rings (SSSR count). The molecule has 2 N–H and O–H groups in total. The first-order chi connectivity index (χ1) is 13.2. The Morgan fingerprint density at radius 3 is 2.83 bits per heavy atom. The SMILES string of the molecule is COc1ccc(CC(=O)NC[C@H]2[C@@H]3CNC[C@@H](C3)[C@@H]3CCCCN32)cc1F.Cl.Cl. The molecule has 164 valence electrons. The van der Waals surface area contributed by atoms with Crippen LogP contribution in [0.3, 0.4) is 0 Å². The number of piperidine rings is 3. The predicted molar refractivity (Wildman–Crippen MR) is 117 cm³/mol. The summed E-state index contributed by atoms with van der Waals surface area (Å²) >= 11 is 0. The first kappa shape index (κ1) is 24.2. The lowest BCUT2D eigenvalue weighted by Gasteiger charge is -2.55. The van der Waals surface area contributed by atoms with Crippen LogP contribution in [-0.2, 0) is 11.2 Å². The van der Waals surface area contributed by atoms with Crippen molar-refractivity contribution < 1.29 is 13.9 Å². The van der Waals surface area contributed by atoms with Gasteiger partial charge in [-0.2, -0.15) is 0 Å². The topological polar surface area (TPSA) is 53.6 Å². The van der Waals surface area contributed by atoms with Gasteiger partial charge in [0.2, 0.25) is 5.91 Å². The molecule has 1 aromatic carbocycles. The number of benzene rings is 1. The van der Waals surface area contributed by atoms with E-state index in [-0.39, 0.29) is 42.9 Å². The number of ether oxygens (including phenoxy) is 1. The number of carbonyl (C=O) groups excluding carboxylic acids is 1. The zero-order chi connectivity index (χ0) is 18.8. The van der Waals surface area contributed by atoms with Crippen molar-refractivity contribution in [2.75, 3.05) is 33.3 Å². The Morgan fingerprint density at radius 2 is 2.07 bits per heavy atom. The van der Waals surface area contributed by atoms with Crippen molar-refractivity contribution in [3.8, 4) is 5.75 Å². The summed E-state index contributed by atoms with van der Waals surface area (Å²) < 4.78 is 18.8. The van der Waals surface area contributed by atoms with Gasteiger partial charge in [-0.15, -0.1) is 24.8 Å².